The van der Waals surface area contributed by atoms with Crippen LogP contribution in [-0.4, -0.2) is 58.4 Å². The van der Waals surface area contributed by atoms with E-state index in [-0.39, 0.29) is 24.3 Å². The molecule has 0 aliphatic carbocycles. The maximum Gasteiger partial charge on any atom is 0.491 e. The highest BCUT2D eigenvalue weighted by atomic mass is 32.2. The van der Waals surface area contributed by atoms with Gasteiger partial charge in [0, 0.05) is 34.0 Å². The average molecular weight is 739 g/mol. The van der Waals surface area contributed by atoms with Gasteiger partial charge in [-0.3, -0.25) is 9.59 Å². The Bertz CT molecular complexity index is 1940. The molecule has 5 rings (SSSR count). The molecule has 3 aromatic carbocycles. The van der Waals surface area contributed by atoms with Crippen LogP contribution in [0, 0.1) is 5.92 Å². The van der Waals surface area contributed by atoms with Gasteiger partial charge in [-0.15, -0.1) is 11.8 Å². The Morgan fingerprint density at radius 1 is 1.02 bits per heavy atom. The largest absolute Gasteiger partial charge is 0.491 e. The number of pyridine rings is 1. The summed E-state index contributed by atoms with van der Waals surface area (Å²) in [5.41, 5.74) is 7.70. The van der Waals surface area contributed by atoms with E-state index in [1.54, 1.807) is 60.8 Å². The molecule has 4 aromatic rings. The van der Waals surface area contributed by atoms with E-state index < -0.39 is 42.0 Å². The number of nitrogen functional groups attached to an aromatic ring is 1. The van der Waals surface area contributed by atoms with E-state index in [2.05, 4.69) is 15.0 Å². The van der Waals surface area contributed by atoms with Gasteiger partial charge in [-0.25, -0.2) is 9.78 Å². The van der Waals surface area contributed by atoms with E-state index in [1.165, 1.54) is 16.7 Å². The monoisotopic (exact) mass is 738 g/mol. The van der Waals surface area contributed by atoms with Crippen molar-refractivity contribution in [2.75, 3.05) is 24.2 Å². The number of hydrogen-bond acceptors (Lipinski definition) is 10. The van der Waals surface area contributed by atoms with E-state index >= 15 is 4.79 Å². The van der Waals surface area contributed by atoms with E-state index in [1.807, 2.05) is 46.8 Å². The summed E-state index contributed by atoms with van der Waals surface area (Å²) in [6.07, 6.45) is -3.99. The number of amides is 1. The summed E-state index contributed by atoms with van der Waals surface area (Å²) in [6.45, 7) is 9.86. The molecule has 1 aliphatic heterocycles. The molecule has 1 amide bonds. The van der Waals surface area contributed by atoms with Crippen LogP contribution in [0.4, 0.5) is 24.7 Å². The Labute approximate surface area is 304 Å². The van der Waals surface area contributed by atoms with Crippen molar-refractivity contribution < 1.29 is 41.8 Å². The molecule has 1 fully saturated rings. The van der Waals surface area contributed by atoms with Gasteiger partial charge in [0.1, 0.15) is 11.9 Å². The molecule has 0 saturated carbocycles. The normalized spacial score (nSPS) is 16.6. The van der Waals surface area contributed by atoms with Crippen LogP contribution in [0.3, 0.4) is 0 Å². The number of fused-ring (bicyclic) bond motifs is 1. The highest BCUT2D eigenvalue weighted by molar-refractivity contribution is 8.00. The summed E-state index contributed by atoms with van der Waals surface area (Å²) < 4.78 is 55.9. The number of hydrogen-bond donors (Lipinski definition) is 2. The molecule has 276 valence electrons. The van der Waals surface area contributed by atoms with Gasteiger partial charge in [0.25, 0.3) is 0 Å². The van der Waals surface area contributed by atoms with Crippen molar-refractivity contribution >= 4 is 51.9 Å². The summed E-state index contributed by atoms with van der Waals surface area (Å²) in [5, 5.41) is 4.95. The number of benzene rings is 3. The number of aromatic nitrogens is 1. The Hall–Kier alpha value is -4.98. The quantitative estimate of drug-likeness (QED) is 0.0841. The number of nitrogens with zero attached hydrogens (tertiary/aromatic N) is 2. The van der Waals surface area contributed by atoms with Crippen molar-refractivity contribution in [2.45, 2.75) is 75.5 Å². The second kappa shape index (κ2) is 16.1. The highest BCUT2D eigenvalue weighted by Gasteiger charge is 2.49. The van der Waals surface area contributed by atoms with Crippen molar-refractivity contribution in [1.82, 2.24) is 9.88 Å². The van der Waals surface area contributed by atoms with E-state index in [9.17, 15) is 22.8 Å². The van der Waals surface area contributed by atoms with Gasteiger partial charge in [0.15, 0.2) is 11.5 Å². The van der Waals surface area contributed by atoms with Gasteiger partial charge >= 0.3 is 18.1 Å². The molecule has 0 bridgehead atoms. The minimum absolute atomic E-state index is 0.00484. The van der Waals surface area contributed by atoms with Gasteiger partial charge < -0.3 is 30.2 Å². The number of alkyl halides is 3. The maximum atomic E-state index is 15.0. The number of nitrogens with two attached hydrogens (primary N) is 1. The van der Waals surface area contributed by atoms with Crippen molar-refractivity contribution in [1.29, 1.82) is 0 Å². The average Bonchev–Trinajstić information content (AvgIpc) is 3.52. The van der Waals surface area contributed by atoms with Crippen LogP contribution in [-0.2, 0) is 19.1 Å². The summed E-state index contributed by atoms with van der Waals surface area (Å²) in [5.74, 6) is -4.46. The minimum Gasteiger partial charge on any atom is -0.490 e. The molecule has 52 heavy (non-hydrogen) atoms. The molecule has 1 saturated heterocycles. The predicted molar refractivity (Wildman–Crippen MR) is 193 cm³/mol. The minimum atomic E-state index is -5.37. The molecule has 0 spiro atoms. The van der Waals surface area contributed by atoms with Crippen LogP contribution in [0.5, 0.6) is 11.5 Å². The van der Waals surface area contributed by atoms with Crippen molar-refractivity contribution in [3.63, 3.8) is 0 Å². The van der Waals surface area contributed by atoms with Crippen LogP contribution < -0.4 is 20.5 Å². The number of carbonyl (C=O) groups excluding carboxylic acids is 3. The van der Waals surface area contributed by atoms with Gasteiger partial charge in [-0.1, -0.05) is 38.1 Å². The van der Waals surface area contributed by atoms with E-state index in [4.69, 9.17) is 15.2 Å². The zero-order valence-electron chi connectivity index (χ0n) is 29.4. The van der Waals surface area contributed by atoms with Crippen LogP contribution in [0.1, 0.15) is 64.3 Å². The van der Waals surface area contributed by atoms with Gasteiger partial charge in [0.2, 0.25) is 5.91 Å². The molecule has 3 N–H and O–H groups in total. The van der Waals surface area contributed by atoms with Crippen molar-refractivity contribution in [3.05, 3.63) is 84.1 Å². The summed E-state index contributed by atoms with van der Waals surface area (Å²) in [4.78, 5) is 46.5. The number of carbonyl (C=O) groups is 3. The first kappa shape index (κ1) is 38.3. The number of ether oxygens (including phenoxy) is 3. The summed E-state index contributed by atoms with van der Waals surface area (Å²) in [6, 6.07) is 17.3. The Morgan fingerprint density at radius 2 is 1.77 bits per heavy atom. The topological polar surface area (TPSA) is 133 Å². The zero-order valence-corrected chi connectivity index (χ0v) is 30.2. The molecule has 2 heterocycles. The molecular formula is C38H41F3N4O6S. The van der Waals surface area contributed by atoms with Crippen LogP contribution in [0.2, 0.25) is 0 Å². The van der Waals surface area contributed by atoms with Crippen LogP contribution in [0.15, 0.2) is 77.8 Å². The first-order chi connectivity index (χ1) is 24.7. The number of nitrogens with one attached hydrogen (secondary N) is 1. The molecule has 3 atom stereocenters. The fourth-order valence-electron chi connectivity index (χ4n) is 6.22. The second-order valence-corrected chi connectivity index (χ2v) is 14.4. The number of esters is 2. The number of rotatable bonds is 12. The zero-order chi connectivity index (χ0) is 37.7. The van der Waals surface area contributed by atoms with Crippen molar-refractivity contribution in [3.8, 4) is 11.5 Å². The third-order valence-electron chi connectivity index (χ3n) is 8.33. The Balaban J connectivity index is 1.62. The van der Waals surface area contributed by atoms with Crippen molar-refractivity contribution in [2.24, 2.45) is 5.92 Å². The molecule has 1 aromatic heterocycles. The number of thioether (sulfide) groups is 1. The fraction of sp³-hybridized carbons (Fsp3) is 0.368. The first-order valence-electron chi connectivity index (χ1n) is 16.9. The fourth-order valence-corrected chi connectivity index (χ4v) is 7.21. The third kappa shape index (κ3) is 8.72. The molecule has 0 radical (unpaired) electrons. The number of likely N-dealkylation sites (tertiary alicyclic amines) is 1. The Morgan fingerprint density at radius 3 is 2.46 bits per heavy atom. The van der Waals surface area contributed by atoms with Crippen LogP contribution >= 0.6 is 11.8 Å². The summed E-state index contributed by atoms with van der Waals surface area (Å²) >= 11 is 1.48. The Kier molecular flexibility index (Phi) is 11.9. The van der Waals surface area contributed by atoms with Crippen LogP contribution in [0.25, 0.3) is 10.8 Å². The van der Waals surface area contributed by atoms with E-state index in [0.717, 1.165) is 15.7 Å². The lowest BCUT2D eigenvalue weighted by molar-refractivity contribution is -0.203. The lowest BCUT2D eigenvalue weighted by atomic mass is 9.93. The highest BCUT2D eigenvalue weighted by Crippen LogP contribution is 2.45. The lowest BCUT2D eigenvalue weighted by Crippen LogP contribution is -2.40. The standard InChI is InChI=1S/C38H41F3N4O6S/c1-6-49-30-20-24(11-14-29(30)50-21(2)3)32(44-25-12-13-26-23(19-25)15-17-43-34(26)42)35(46)45-18-16-28(36(47)51-37(48)38(39,40)41)33(45)27-9-7-8-10-31(27)52-22(4)5/h7-15,17,19-22,28,32-33,44H,6,16,18H2,1-5H3,(H2,42,43). The lowest BCUT2D eigenvalue weighted by Gasteiger charge is -2.33. The predicted octanol–water partition coefficient (Wildman–Crippen LogP) is 7.88. The maximum absolute atomic E-state index is 15.0. The molecule has 14 heteroatoms. The number of anilines is 2. The van der Waals surface area contributed by atoms with Gasteiger partial charge in [-0.05, 0) is 86.2 Å². The third-order valence-corrected chi connectivity index (χ3v) is 9.42. The van der Waals surface area contributed by atoms with Gasteiger partial charge in [-0.2, -0.15) is 13.2 Å². The molecule has 10 nitrogen and oxygen atoms in total. The first-order valence-corrected chi connectivity index (χ1v) is 17.8. The van der Waals surface area contributed by atoms with E-state index in [0.29, 0.717) is 40.7 Å². The molecule has 3 unspecified atom stereocenters. The second-order valence-electron chi connectivity index (χ2n) is 12.8. The smallest absolute Gasteiger partial charge is 0.490 e. The van der Waals surface area contributed by atoms with Gasteiger partial charge in [0.05, 0.1) is 24.7 Å². The SMILES string of the molecule is CCOc1cc(C(Nc2ccc3c(N)nccc3c2)C(=O)N2CCC(C(=O)OC(=O)C(F)(F)F)C2c2ccccc2SC(C)C)ccc1OC(C)C. The molecular weight excluding hydrogens is 698 g/mol. The number of halogens is 3. The summed E-state index contributed by atoms with van der Waals surface area (Å²) in [7, 11) is 0. The molecule has 1 aliphatic rings.